The third-order valence-corrected chi connectivity index (χ3v) is 4.56. The highest BCUT2D eigenvalue weighted by Crippen LogP contribution is 2.39. The number of piperidine rings is 1. The fourth-order valence-electron chi connectivity index (χ4n) is 3.27. The lowest BCUT2D eigenvalue weighted by Gasteiger charge is -2.31. The maximum absolute atomic E-state index is 13.0. The fourth-order valence-corrected chi connectivity index (χ4v) is 3.27. The first kappa shape index (κ1) is 21.9. The molecule has 1 aliphatic heterocycles. The minimum atomic E-state index is -0.173. The van der Waals surface area contributed by atoms with E-state index in [4.69, 9.17) is 18.9 Å². The Kier molecular flexibility index (Phi) is 8.42. The summed E-state index contributed by atoms with van der Waals surface area (Å²) in [5.41, 5.74) is 0.491. The van der Waals surface area contributed by atoms with E-state index < -0.39 is 0 Å². The van der Waals surface area contributed by atoms with E-state index >= 15 is 0 Å². The standard InChI is InChI=1S/C21H31NO6/c1-5-25-17-13-16(14-18(26-6-2)19(17)27-7-3)20(23)22-11-9-15(10-12-22)21(24)28-8-4/h13-15H,5-12H2,1-4H3. The maximum Gasteiger partial charge on any atom is 0.309 e. The summed E-state index contributed by atoms with van der Waals surface area (Å²) < 4.78 is 22.2. The number of ether oxygens (including phenoxy) is 4. The number of likely N-dealkylation sites (tertiary alicyclic amines) is 1. The number of amides is 1. The molecule has 1 fully saturated rings. The van der Waals surface area contributed by atoms with Crippen molar-refractivity contribution in [2.45, 2.75) is 40.5 Å². The zero-order valence-electron chi connectivity index (χ0n) is 17.3. The van der Waals surface area contributed by atoms with Crippen LogP contribution in [0.2, 0.25) is 0 Å². The predicted octanol–water partition coefficient (Wildman–Crippen LogP) is 3.30. The Labute approximate surface area is 166 Å². The average Bonchev–Trinajstić information content (AvgIpc) is 2.70. The molecule has 2 rings (SSSR count). The minimum absolute atomic E-state index is 0.104. The molecule has 7 nitrogen and oxygen atoms in total. The first-order chi connectivity index (χ1) is 13.5. The van der Waals surface area contributed by atoms with Gasteiger partial charge in [-0.1, -0.05) is 0 Å². The minimum Gasteiger partial charge on any atom is -0.490 e. The molecule has 1 aromatic carbocycles. The summed E-state index contributed by atoms with van der Waals surface area (Å²) in [6, 6.07) is 3.41. The molecule has 0 unspecified atom stereocenters. The van der Waals surface area contributed by atoms with Gasteiger partial charge in [-0.05, 0) is 52.7 Å². The molecule has 1 aromatic rings. The second-order valence-corrected chi connectivity index (χ2v) is 6.42. The average molecular weight is 393 g/mol. The quantitative estimate of drug-likeness (QED) is 0.600. The van der Waals surface area contributed by atoms with Crippen molar-refractivity contribution in [3.05, 3.63) is 17.7 Å². The van der Waals surface area contributed by atoms with Crippen LogP contribution in [0.3, 0.4) is 0 Å². The number of carbonyl (C=O) groups is 2. The van der Waals surface area contributed by atoms with Crippen molar-refractivity contribution >= 4 is 11.9 Å². The van der Waals surface area contributed by atoms with E-state index in [9.17, 15) is 9.59 Å². The van der Waals surface area contributed by atoms with Gasteiger partial charge in [0.05, 0.1) is 32.3 Å². The van der Waals surface area contributed by atoms with Crippen LogP contribution in [-0.2, 0) is 9.53 Å². The van der Waals surface area contributed by atoms with Gasteiger partial charge >= 0.3 is 5.97 Å². The second-order valence-electron chi connectivity index (χ2n) is 6.42. The van der Waals surface area contributed by atoms with E-state index in [1.165, 1.54) is 0 Å². The van der Waals surface area contributed by atoms with Crippen LogP contribution < -0.4 is 14.2 Å². The smallest absolute Gasteiger partial charge is 0.309 e. The normalized spacial score (nSPS) is 14.5. The third-order valence-electron chi connectivity index (χ3n) is 4.56. The van der Waals surface area contributed by atoms with Gasteiger partial charge < -0.3 is 23.8 Å². The van der Waals surface area contributed by atoms with Crippen LogP contribution >= 0.6 is 0 Å². The van der Waals surface area contributed by atoms with Gasteiger partial charge in [-0.15, -0.1) is 0 Å². The fraction of sp³-hybridized carbons (Fsp3) is 0.619. The highest BCUT2D eigenvalue weighted by Gasteiger charge is 2.29. The molecule has 7 heteroatoms. The van der Waals surface area contributed by atoms with Crippen LogP contribution in [0.1, 0.15) is 50.9 Å². The molecule has 0 N–H and O–H groups in total. The van der Waals surface area contributed by atoms with Gasteiger partial charge in [0.25, 0.3) is 5.91 Å². The molecule has 0 aliphatic carbocycles. The number of hydrogen-bond donors (Lipinski definition) is 0. The molecule has 0 atom stereocenters. The van der Waals surface area contributed by atoms with Crippen molar-refractivity contribution in [2.24, 2.45) is 5.92 Å². The Morgan fingerprint density at radius 2 is 1.43 bits per heavy atom. The van der Waals surface area contributed by atoms with Gasteiger partial charge in [0, 0.05) is 18.7 Å². The highest BCUT2D eigenvalue weighted by molar-refractivity contribution is 5.95. The summed E-state index contributed by atoms with van der Waals surface area (Å²) in [4.78, 5) is 26.7. The van der Waals surface area contributed by atoms with Crippen molar-refractivity contribution in [1.29, 1.82) is 0 Å². The Hall–Kier alpha value is -2.44. The molecule has 28 heavy (non-hydrogen) atoms. The summed E-state index contributed by atoms with van der Waals surface area (Å²) in [5.74, 6) is 1.10. The summed E-state index contributed by atoms with van der Waals surface area (Å²) in [6.45, 7) is 10.2. The van der Waals surface area contributed by atoms with Gasteiger partial charge in [-0.3, -0.25) is 9.59 Å². The topological polar surface area (TPSA) is 74.3 Å². The zero-order valence-corrected chi connectivity index (χ0v) is 17.3. The van der Waals surface area contributed by atoms with Crippen molar-refractivity contribution in [1.82, 2.24) is 4.90 Å². The van der Waals surface area contributed by atoms with E-state index in [2.05, 4.69) is 0 Å². The number of hydrogen-bond acceptors (Lipinski definition) is 6. The van der Waals surface area contributed by atoms with Crippen LogP contribution in [0.15, 0.2) is 12.1 Å². The third kappa shape index (κ3) is 5.30. The van der Waals surface area contributed by atoms with E-state index in [1.54, 1.807) is 24.0 Å². The lowest BCUT2D eigenvalue weighted by Crippen LogP contribution is -2.40. The maximum atomic E-state index is 13.0. The van der Waals surface area contributed by atoms with Crippen molar-refractivity contribution in [3.63, 3.8) is 0 Å². The molecule has 0 bridgehead atoms. The van der Waals surface area contributed by atoms with E-state index in [-0.39, 0.29) is 17.8 Å². The van der Waals surface area contributed by atoms with Crippen LogP contribution in [0.5, 0.6) is 17.2 Å². The second kappa shape index (κ2) is 10.8. The Balaban J connectivity index is 2.19. The van der Waals surface area contributed by atoms with Crippen LogP contribution in [0, 0.1) is 5.92 Å². The van der Waals surface area contributed by atoms with E-state index in [1.807, 2.05) is 20.8 Å². The molecule has 0 radical (unpaired) electrons. The molecule has 0 saturated carbocycles. The van der Waals surface area contributed by atoms with E-state index in [0.29, 0.717) is 75.2 Å². The molecule has 1 saturated heterocycles. The SMILES string of the molecule is CCOC(=O)C1CCN(C(=O)c2cc(OCC)c(OCC)c(OCC)c2)CC1. The number of nitrogens with zero attached hydrogens (tertiary/aromatic N) is 1. The first-order valence-electron chi connectivity index (χ1n) is 10.1. The molecular weight excluding hydrogens is 362 g/mol. The predicted molar refractivity (Wildman–Crippen MR) is 105 cm³/mol. The summed E-state index contributed by atoms with van der Waals surface area (Å²) in [7, 11) is 0. The van der Waals surface area contributed by atoms with Gasteiger partial charge in [-0.2, -0.15) is 0 Å². The largest absolute Gasteiger partial charge is 0.490 e. The first-order valence-corrected chi connectivity index (χ1v) is 10.1. The summed E-state index contributed by atoms with van der Waals surface area (Å²) >= 11 is 0. The molecule has 1 amide bonds. The highest BCUT2D eigenvalue weighted by atomic mass is 16.5. The van der Waals surface area contributed by atoms with Gasteiger partial charge in [0.15, 0.2) is 11.5 Å². The molecule has 0 spiro atoms. The Morgan fingerprint density at radius 3 is 1.89 bits per heavy atom. The number of carbonyl (C=O) groups excluding carboxylic acids is 2. The monoisotopic (exact) mass is 393 g/mol. The van der Waals surface area contributed by atoms with E-state index in [0.717, 1.165) is 0 Å². The number of esters is 1. The number of benzene rings is 1. The van der Waals surface area contributed by atoms with Crippen molar-refractivity contribution < 1.29 is 28.5 Å². The molecule has 156 valence electrons. The number of rotatable bonds is 9. The van der Waals surface area contributed by atoms with Crippen molar-refractivity contribution in [3.8, 4) is 17.2 Å². The summed E-state index contributed by atoms with van der Waals surface area (Å²) in [6.07, 6.45) is 1.22. The van der Waals surface area contributed by atoms with Crippen LogP contribution in [0.25, 0.3) is 0 Å². The molecular formula is C21H31NO6. The van der Waals surface area contributed by atoms with Crippen LogP contribution in [0.4, 0.5) is 0 Å². The Bertz CT molecular complexity index is 640. The lowest BCUT2D eigenvalue weighted by molar-refractivity contribution is -0.149. The molecule has 1 aliphatic rings. The van der Waals surface area contributed by atoms with Gasteiger partial charge in [0.2, 0.25) is 5.75 Å². The lowest BCUT2D eigenvalue weighted by atomic mass is 9.96. The molecule has 0 aromatic heterocycles. The summed E-state index contributed by atoms with van der Waals surface area (Å²) in [5, 5.41) is 0. The van der Waals surface area contributed by atoms with Gasteiger partial charge in [0.1, 0.15) is 0 Å². The van der Waals surface area contributed by atoms with Crippen molar-refractivity contribution in [2.75, 3.05) is 39.5 Å². The Morgan fingerprint density at radius 1 is 0.893 bits per heavy atom. The van der Waals surface area contributed by atoms with Gasteiger partial charge in [-0.25, -0.2) is 0 Å². The van der Waals surface area contributed by atoms with Crippen LogP contribution in [-0.4, -0.2) is 56.3 Å². The zero-order chi connectivity index (χ0) is 20.5. The molecule has 1 heterocycles.